The van der Waals surface area contributed by atoms with Gasteiger partial charge in [0.15, 0.2) is 11.5 Å². The molecule has 0 aliphatic carbocycles. The van der Waals surface area contributed by atoms with Gasteiger partial charge in [0.05, 0.1) is 14.2 Å². The molecule has 0 saturated carbocycles. The first-order valence-corrected chi connectivity index (χ1v) is 7.87. The van der Waals surface area contributed by atoms with E-state index in [0.29, 0.717) is 10.8 Å². The number of halogens is 1. The molecule has 0 atom stereocenters. The van der Waals surface area contributed by atoms with Gasteiger partial charge in [0.2, 0.25) is 0 Å². The SMILES string of the molecule is CCN(CC)CCCNCc1cc(Cl)cc(OC)c1OC. The highest BCUT2D eigenvalue weighted by atomic mass is 35.5. The molecule has 0 bridgehead atoms. The summed E-state index contributed by atoms with van der Waals surface area (Å²) in [4.78, 5) is 2.42. The van der Waals surface area contributed by atoms with Crippen molar-refractivity contribution in [1.29, 1.82) is 0 Å². The van der Waals surface area contributed by atoms with Crippen molar-refractivity contribution in [3.8, 4) is 11.5 Å². The Kier molecular flexibility index (Phi) is 8.50. The van der Waals surface area contributed by atoms with Crippen LogP contribution < -0.4 is 14.8 Å². The van der Waals surface area contributed by atoms with E-state index < -0.39 is 0 Å². The molecule has 4 nitrogen and oxygen atoms in total. The standard InChI is InChI=1S/C16H27ClN2O2/c1-5-19(6-2)9-7-8-18-12-13-10-14(17)11-15(20-3)16(13)21-4/h10-11,18H,5-9,12H2,1-4H3. The number of hydrogen-bond acceptors (Lipinski definition) is 4. The first kappa shape index (κ1) is 18.1. The van der Waals surface area contributed by atoms with Crippen molar-refractivity contribution in [3.05, 3.63) is 22.7 Å². The van der Waals surface area contributed by atoms with E-state index in [-0.39, 0.29) is 0 Å². The van der Waals surface area contributed by atoms with Crippen LogP contribution in [0.25, 0.3) is 0 Å². The molecule has 21 heavy (non-hydrogen) atoms. The van der Waals surface area contributed by atoms with Crippen molar-refractivity contribution in [2.24, 2.45) is 0 Å². The van der Waals surface area contributed by atoms with Crippen molar-refractivity contribution >= 4 is 11.6 Å². The Morgan fingerprint density at radius 3 is 2.43 bits per heavy atom. The highest BCUT2D eigenvalue weighted by molar-refractivity contribution is 6.30. The molecule has 120 valence electrons. The molecular weight excluding hydrogens is 288 g/mol. The summed E-state index contributed by atoms with van der Waals surface area (Å²) in [5.74, 6) is 1.42. The zero-order valence-electron chi connectivity index (χ0n) is 13.5. The van der Waals surface area contributed by atoms with Gasteiger partial charge in [-0.2, -0.15) is 0 Å². The van der Waals surface area contributed by atoms with Gasteiger partial charge in [-0.1, -0.05) is 25.4 Å². The number of ether oxygens (including phenoxy) is 2. The molecule has 0 amide bonds. The lowest BCUT2D eigenvalue weighted by Crippen LogP contribution is -2.27. The minimum atomic E-state index is 0.660. The van der Waals surface area contributed by atoms with Crippen LogP contribution in [0.4, 0.5) is 0 Å². The fourth-order valence-corrected chi connectivity index (χ4v) is 2.56. The fraction of sp³-hybridized carbons (Fsp3) is 0.625. The Labute approximate surface area is 133 Å². The predicted molar refractivity (Wildman–Crippen MR) is 88.7 cm³/mol. The monoisotopic (exact) mass is 314 g/mol. The van der Waals surface area contributed by atoms with Gasteiger partial charge in [0, 0.05) is 23.2 Å². The highest BCUT2D eigenvalue weighted by Gasteiger charge is 2.11. The molecule has 0 aliphatic rings. The average Bonchev–Trinajstić information content (AvgIpc) is 2.50. The molecule has 0 heterocycles. The van der Waals surface area contributed by atoms with E-state index >= 15 is 0 Å². The number of hydrogen-bond donors (Lipinski definition) is 1. The fourth-order valence-electron chi connectivity index (χ4n) is 2.33. The third kappa shape index (κ3) is 5.73. The van der Waals surface area contributed by atoms with Gasteiger partial charge >= 0.3 is 0 Å². The summed E-state index contributed by atoms with van der Waals surface area (Å²) in [5.41, 5.74) is 1.02. The summed E-state index contributed by atoms with van der Waals surface area (Å²) < 4.78 is 10.7. The molecule has 0 aliphatic heterocycles. The number of nitrogens with zero attached hydrogens (tertiary/aromatic N) is 1. The van der Waals surface area contributed by atoms with E-state index in [0.717, 1.165) is 50.5 Å². The van der Waals surface area contributed by atoms with Crippen molar-refractivity contribution in [1.82, 2.24) is 10.2 Å². The minimum absolute atomic E-state index is 0.660. The first-order chi connectivity index (χ1) is 10.2. The predicted octanol–water partition coefficient (Wildman–Crippen LogP) is 3.18. The van der Waals surface area contributed by atoms with Gasteiger partial charge < -0.3 is 19.7 Å². The van der Waals surface area contributed by atoms with Crippen LogP contribution in [-0.2, 0) is 6.54 Å². The van der Waals surface area contributed by atoms with E-state index in [1.54, 1.807) is 20.3 Å². The molecule has 0 unspecified atom stereocenters. The zero-order chi connectivity index (χ0) is 15.7. The molecule has 0 fully saturated rings. The summed E-state index contributed by atoms with van der Waals surface area (Å²) in [7, 11) is 3.27. The maximum atomic E-state index is 6.11. The normalized spacial score (nSPS) is 11.0. The van der Waals surface area contributed by atoms with Crippen LogP contribution in [-0.4, -0.2) is 45.3 Å². The number of methoxy groups -OCH3 is 2. The van der Waals surface area contributed by atoms with Crippen LogP contribution in [0.1, 0.15) is 25.8 Å². The van der Waals surface area contributed by atoms with Crippen molar-refractivity contribution < 1.29 is 9.47 Å². The van der Waals surface area contributed by atoms with Crippen molar-refractivity contribution in [2.45, 2.75) is 26.8 Å². The molecule has 0 aromatic heterocycles. The molecule has 0 radical (unpaired) electrons. The largest absolute Gasteiger partial charge is 0.493 e. The van der Waals surface area contributed by atoms with Crippen LogP contribution in [0, 0.1) is 0 Å². The van der Waals surface area contributed by atoms with Crippen LogP contribution in [0.2, 0.25) is 5.02 Å². The Balaban J connectivity index is 2.50. The lowest BCUT2D eigenvalue weighted by Gasteiger charge is -2.18. The second kappa shape index (κ2) is 9.87. The summed E-state index contributed by atoms with van der Waals surface area (Å²) in [6, 6.07) is 3.69. The molecule has 5 heteroatoms. The van der Waals surface area contributed by atoms with Gasteiger partial charge in [-0.25, -0.2) is 0 Å². The van der Waals surface area contributed by atoms with E-state index in [4.69, 9.17) is 21.1 Å². The lowest BCUT2D eigenvalue weighted by atomic mass is 10.1. The molecular formula is C16H27ClN2O2. The smallest absolute Gasteiger partial charge is 0.165 e. The van der Waals surface area contributed by atoms with E-state index in [1.165, 1.54) is 0 Å². The van der Waals surface area contributed by atoms with E-state index in [2.05, 4.69) is 24.1 Å². The van der Waals surface area contributed by atoms with Crippen LogP contribution in [0.5, 0.6) is 11.5 Å². The van der Waals surface area contributed by atoms with Gasteiger partial charge in [0.25, 0.3) is 0 Å². The molecule has 1 N–H and O–H groups in total. The molecule has 1 aromatic carbocycles. The third-order valence-electron chi connectivity index (χ3n) is 3.56. The van der Waals surface area contributed by atoms with Gasteiger partial charge in [-0.3, -0.25) is 0 Å². The second-order valence-electron chi connectivity index (χ2n) is 4.86. The second-order valence-corrected chi connectivity index (χ2v) is 5.29. The Hall–Kier alpha value is -0.970. The van der Waals surface area contributed by atoms with Crippen molar-refractivity contribution in [2.75, 3.05) is 40.4 Å². The summed E-state index contributed by atoms with van der Waals surface area (Å²) in [6.45, 7) is 9.41. The van der Waals surface area contributed by atoms with Crippen molar-refractivity contribution in [3.63, 3.8) is 0 Å². The number of benzene rings is 1. The molecule has 0 spiro atoms. The van der Waals surface area contributed by atoms with E-state index in [9.17, 15) is 0 Å². The van der Waals surface area contributed by atoms with Crippen LogP contribution >= 0.6 is 11.6 Å². The Bertz CT molecular complexity index is 423. The number of nitrogens with one attached hydrogen (secondary N) is 1. The molecule has 1 rings (SSSR count). The van der Waals surface area contributed by atoms with Crippen LogP contribution in [0.3, 0.4) is 0 Å². The summed E-state index contributed by atoms with van der Waals surface area (Å²) >= 11 is 6.11. The van der Waals surface area contributed by atoms with E-state index in [1.807, 2.05) is 6.07 Å². The maximum absolute atomic E-state index is 6.11. The quantitative estimate of drug-likeness (QED) is 0.673. The zero-order valence-corrected chi connectivity index (χ0v) is 14.3. The topological polar surface area (TPSA) is 33.7 Å². The number of rotatable bonds is 10. The maximum Gasteiger partial charge on any atom is 0.165 e. The van der Waals surface area contributed by atoms with Gasteiger partial charge in [-0.15, -0.1) is 0 Å². The summed E-state index contributed by atoms with van der Waals surface area (Å²) in [5, 5.41) is 4.10. The highest BCUT2D eigenvalue weighted by Crippen LogP contribution is 2.34. The Morgan fingerprint density at radius 2 is 1.86 bits per heavy atom. The lowest BCUT2D eigenvalue weighted by molar-refractivity contribution is 0.297. The molecule has 0 saturated heterocycles. The minimum Gasteiger partial charge on any atom is -0.493 e. The molecule has 1 aromatic rings. The first-order valence-electron chi connectivity index (χ1n) is 7.49. The van der Waals surface area contributed by atoms with Gasteiger partial charge in [-0.05, 0) is 38.7 Å². The summed E-state index contributed by atoms with van der Waals surface area (Å²) in [6.07, 6.45) is 1.13. The Morgan fingerprint density at radius 1 is 1.14 bits per heavy atom. The van der Waals surface area contributed by atoms with Crippen LogP contribution in [0.15, 0.2) is 12.1 Å². The third-order valence-corrected chi connectivity index (χ3v) is 3.78. The average molecular weight is 315 g/mol. The van der Waals surface area contributed by atoms with Gasteiger partial charge in [0.1, 0.15) is 0 Å².